The second kappa shape index (κ2) is 10.9. The average molecular weight is 431 g/mol. The largest absolute Gasteiger partial charge is 0.325 e. The minimum Gasteiger partial charge on any atom is -0.325 e. The third-order valence-electron chi connectivity index (χ3n) is 4.88. The number of carbonyl (C=O) groups is 1. The molecule has 30 heavy (non-hydrogen) atoms. The Labute approximate surface area is 179 Å². The lowest BCUT2D eigenvalue weighted by Gasteiger charge is -2.26. The minimum absolute atomic E-state index is 0.0653. The quantitative estimate of drug-likeness (QED) is 0.267. The zero-order valence-corrected chi connectivity index (χ0v) is 17.6. The topological polar surface area (TPSA) is 106 Å². The van der Waals surface area contributed by atoms with E-state index in [2.05, 4.69) is 27.0 Å². The van der Waals surface area contributed by atoms with Gasteiger partial charge in [0.25, 0.3) is 5.69 Å². The number of nitrogens with zero attached hydrogens (tertiary/aromatic N) is 5. The molecule has 1 aliphatic rings. The number of likely N-dealkylation sites (tertiary alicyclic amines) is 1. The van der Waals surface area contributed by atoms with Gasteiger partial charge in [-0.05, 0) is 32.0 Å². The first kappa shape index (κ1) is 22.0. The van der Waals surface area contributed by atoms with Crippen molar-refractivity contribution < 1.29 is 9.72 Å². The van der Waals surface area contributed by atoms with Crippen molar-refractivity contribution in [1.29, 1.82) is 0 Å². The molecule has 0 aliphatic carbocycles. The molecule has 1 aromatic heterocycles. The highest BCUT2D eigenvalue weighted by Crippen LogP contribution is 2.20. The van der Waals surface area contributed by atoms with Crippen LogP contribution in [0.1, 0.15) is 25.1 Å². The van der Waals surface area contributed by atoms with E-state index in [0.717, 1.165) is 31.9 Å². The van der Waals surface area contributed by atoms with Crippen LogP contribution in [-0.4, -0.2) is 55.9 Å². The van der Waals surface area contributed by atoms with Gasteiger partial charge in [0.15, 0.2) is 5.16 Å². The second-order valence-corrected chi connectivity index (χ2v) is 8.04. The first-order chi connectivity index (χ1) is 14.6. The van der Waals surface area contributed by atoms with E-state index in [1.54, 1.807) is 12.1 Å². The third kappa shape index (κ3) is 6.14. The number of carbonyl (C=O) groups excluding carboxylic acids is 1. The molecule has 0 spiro atoms. The van der Waals surface area contributed by atoms with Crippen molar-refractivity contribution in [1.82, 2.24) is 19.7 Å². The van der Waals surface area contributed by atoms with Crippen molar-refractivity contribution in [3.05, 3.63) is 52.9 Å². The van der Waals surface area contributed by atoms with Crippen LogP contribution in [0.2, 0.25) is 0 Å². The number of benzene rings is 1. The zero-order chi connectivity index (χ0) is 21.3. The summed E-state index contributed by atoms with van der Waals surface area (Å²) in [5, 5.41) is 22.8. The van der Waals surface area contributed by atoms with Crippen LogP contribution in [-0.2, 0) is 17.8 Å². The number of hydrogen-bond donors (Lipinski definition) is 1. The summed E-state index contributed by atoms with van der Waals surface area (Å²) >= 11 is 1.29. The van der Waals surface area contributed by atoms with Gasteiger partial charge in [0.1, 0.15) is 5.82 Å². The van der Waals surface area contributed by atoms with Crippen molar-refractivity contribution in [2.24, 2.45) is 0 Å². The van der Waals surface area contributed by atoms with Crippen LogP contribution in [0.4, 0.5) is 11.4 Å². The Morgan fingerprint density at radius 3 is 2.83 bits per heavy atom. The van der Waals surface area contributed by atoms with E-state index in [4.69, 9.17) is 0 Å². The van der Waals surface area contributed by atoms with Crippen LogP contribution in [0.3, 0.4) is 0 Å². The molecule has 1 aromatic carbocycles. The van der Waals surface area contributed by atoms with E-state index in [1.165, 1.54) is 49.2 Å². The summed E-state index contributed by atoms with van der Waals surface area (Å²) in [6, 6.07) is 5.87. The lowest BCUT2D eigenvalue weighted by Crippen LogP contribution is -2.32. The fourth-order valence-corrected chi connectivity index (χ4v) is 4.16. The number of piperidine rings is 1. The molecular weight excluding hydrogens is 404 g/mol. The molecule has 1 amide bonds. The molecule has 3 rings (SSSR count). The molecule has 1 fully saturated rings. The molecule has 9 nitrogen and oxygen atoms in total. The van der Waals surface area contributed by atoms with E-state index >= 15 is 0 Å². The number of nitro benzene ring substituents is 1. The van der Waals surface area contributed by atoms with E-state index in [1.807, 2.05) is 4.57 Å². The molecule has 0 atom stereocenters. The molecule has 2 aromatic rings. The van der Waals surface area contributed by atoms with Crippen molar-refractivity contribution in [3.63, 3.8) is 0 Å². The Bertz CT molecular complexity index is 894. The maximum absolute atomic E-state index is 12.3. The predicted molar refractivity (Wildman–Crippen MR) is 117 cm³/mol. The number of allylic oxidation sites excluding steroid dienone is 1. The maximum atomic E-state index is 12.3. The highest BCUT2D eigenvalue weighted by atomic mass is 32.2. The molecule has 0 unspecified atom stereocenters. The Morgan fingerprint density at radius 2 is 2.10 bits per heavy atom. The van der Waals surface area contributed by atoms with Crippen molar-refractivity contribution in [3.8, 4) is 0 Å². The van der Waals surface area contributed by atoms with Crippen molar-refractivity contribution in [2.75, 3.05) is 30.7 Å². The van der Waals surface area contributed by atoms with Crippen molar-refractivity contribution in [2.45, 2.75) is 37.4 Å². The number of thioether (sulfide) groups is 1. The second-order valence-electron chi connectivity index (χ2n) is 7.09. The predicted octanol–water partition coefficient (Wildman–Crippen LogP) is 3.13. The lowest BCUT2D eigenvalue weighted by molar-refractivity contribution is -0.384. The summed E-state index contributed by atoms with van der Waals surface area (Å²) in [6.45, 7) is 7.61. The van der Waals surface area contributed by atoms with Crippen LogP contribution >= 0.6 is 11.8 Å². The molecule has 10 heteroatoms. The minimum atomic E-state index is -0.492. The first-order valence-electron chi connectivity index (χ1n) is 9.99. The van der Waals surface area contributed by atoms with Gasteiger partial charge in [0, 0.05) is 37.3 Å². The third-order valence-corrected chi connectivity index (χ3v) is 5.85. The molecule has 1 saturated heterocycles. The average Bonchev–Trinajstić information content (AvgIpc) is 3.13. The van der Waals surface area contributed by atoms with Crippen LogP contribution in [0.5, 0.6) is 0 Å². The smallest absolute Gasteiger partial charge is 0.271 e. The molecule has 0 bridgehead atoms. The number of anilines is 1. The molecule has 1 aliphatic heterocycles. The van der Waals surface area contributed by atoms with Crippen LogP contribution in [0.15, 0.2) is 42.1 Å². The fraction of sp³-hybridized carbons (Fsp3) is 0.450. The number of hydrogen-bond acceptors (Lipinski definition) is 7. The molecule has 160 valence electrons. The summed E-state index contributed by atoms with van der Waals surface area (Å²) in [5.74, 6) is 0.759. The summed E-state index contributed by atoms with van der Waals surface area (Å²) in [7, 11) is 0. The first-order valence-corrected chi connectivity index (χ1v) is 11.0. The van der Waals surface area contributed by atoms with Gasteiger partial charge in [0.2, 0.25) is 5.91 Å². The molecule has 2 heterocycles. The molecule has 1 N–H and O–H groups in total. The Kier molecular flexibility index (Phi) is 7.97. The molecule has 0 saturated carbocycles. The van der Waals surface area contributed by atoms with Crippen LogP contribution in [0, 0.1) is 10.1 Å². The van der Waals surface area contributed by atoms with Gasteiger partial charge in [0.05, 0.1) is 10.7 Å². The van der Waals surface area contributed by atoms with Gasteiger partial charge in [-0.1, -0.05) is 30.3 Å². The monoisotopic (exact) mass is 430 g/mol. The number of aromatic nitrogens is 3. The standard InChI is InChI=1S/C20H26N6O3S/c1-2-10-25-18(9-13-24-11-4-3-5-12-24)22-23-20(25)30-15-19(27)21-16-7-6-8-17(14-16)26(28)29/h2,6-8,14H,1,3-5,9-13,15H2,(H,21,27). The number of amides is 1. The van der Waals surface area contributed by atoms with E-state index in [-0.39, 0.29) is 17.3 Å². The maximum Gasteiger partial charge on any atom is 0.271 e. The Balaban J connectivity index is 1.56. The van der Waals surface area contributed by atoms with Crippen LogP contribution < -0.4 is 5.32 Å². The van der Waals surface area contributed by atoms with Crippen molar-refractivity contribution >= 4 is 29.0 Å². The fourth-order valence-electron chi connectivity index (χ4n) is 3.39. The lowest BCUT2D eigenvalue weighted by atomic mass is 10.1. The molecule has 0 radical (unpaired) electrons. The summed E-state index contributed by atoms with van der Waals surface area (Å²) < 4.78 is 1.99. The highest BCUT2D eigenvalue weighted by molar-refractivity contribution is 7.99. The number of non-ortho nitro benzene ring substituents is 1. The Hall–Kier alpha value is -2.72. The summed E-state index contributed by atoms with van der Waals surface area (Å²) in [6.07, 6.45) is 6.41. The van der Waals surface area contributed by atoms with E-state index in [9.17, 15) is 14.9 Å². The molecular formula is C20H26N6O3S. The summed E-state index contributed by atoms with van der Waals surface area (Å²) in [4.78, 5) is 25.1. The van der Waals surface area contributed by atoms with Gasteiger partial charge in [-0.3, -0.25) is 14.9 Å². The normalized spacial score (nSPS) is 14.4. The van der Waals surface area contributed by atoms with E-state index < -0.39 is 4.92 Å². The van der Waals surface area contributed by atoms with Gasteiger partial charge in [-0.15, -0.1) is 16.8 Å². The van der Waals surface area contributed by atoms with Gasteiger partial charge in [-0.2, -0.15) is 0 Å². The number of rotatable bonds is 10. The number of nitro groups is 1. The SMILES string of the molecule is C=CCn1c(CCN2CCCCC2)nnc1SCC(=O)Nc1cccc([N+](=O)[O-])c1. The van der Waals surface area contributed by atoms with Crippen LogP contribution in [0.25, 0.3) is 0 Å². The van der Waals surface area contributed by atoms with E-state index in [0.29, 0.717) is 17.4 Å². The summed E-state index contributed by atoms with van der Waals surface area (Å²) in [5.41, 5.74) is 0.328. The number of nitrogens with one attached hydrogen (secondary N) is 1. The van der Waals surface area contributed by atoms with Gasteiger partial charge in [-0.25, -0.2) is 0 Å². The van der Waals surface area contributed by atoms with Gasteiger partial charge >= 0.3 is 0 Å². The zero-order valence-electron chi connectivity index (χ0n) is 16.8. The highest BCUT2D eigenvalue weighted by Gasteiger charge is 2.16. The van der Waals surface area contributed by atoms with Gasteiger partial charge < -0.3 is 14.8 Å². The Morgan fingerprint density at radius 1 is 1.30 bits per heavy atom.